The van der Waals surface area contributed by atoms with Crippen LogP contribution >= 0.6 is 11.6 Å². The molecule has 0 atom stereocenters. The Bertz CT molecular complexity index is 832. The first-order valence-corrected chi connectivity index (χ1v) is 8.54. The normalized spacial score (nSPS) is 10.3. The van der Waals surface area contributed by atoms with Gasteiger partial charge in [0.1, 0.15) is 0 Å². The highest BCUT2D eigenvalue weighted by atomic mass is 35.5. The molecule has 6 heteroatoms. The number of aryl methyl sites for hydroxylation is 2. The van der Waals surface area contributed by atoms with Gasteiger partial charge >= 0.3 is 5.97 Å². The fourth-order valence-corrected chi connectivity index (χ4v) is 2.56. The number of ketones is 1. The Labute approximate surface area is 157 Å². The summed E-state index contributed by atoms with van der Waals surface area (Å²) in [6, 6.07) is 12.3. The molecule has 0 aromatic heterocycles. The molecule has 0 heterocycles. The molecule has 0 aliphatic carbocycles. The molecular formula is C20H20ClNO4. The van der Waals surface area contributed by atoms with Gasteiger partial charge in [-0.3, -0.25) is 14.4 Å². The number of hydrogen-bond acceptors (Lipinski definition) is 4. The summed E-state index contributed by atoms with van der Waals surface area (Å²) >= 11 is 5.83. The van der Waals surface area contributed by atoms with Crippen molar-refractivity contribution < 1.29 is 19.1 Å². The summed E-state index contributed by atoms with van der Waals surface area (Å²) in [5.74, 6) is -1.18. The van der Waals surface area contributed by atoms with E-state index in [-0.39, 0.29) is 18.6 Å². The zero-order chi connectivity index (χ0) is 19.1. The van der Waals surface area contributed by atoms with Crippen LogP contribution in [0.4, 0.5) is 5.69 Å². The van der Waals surface area contributed by atoms with Crippen LogP contribution in [-0.2, 0) is 14.3 Å². The first kappa shape index (κ1) is 19.7. The highest BCUT2D eigenvalue weighted by Crippen LogP contribution is 2.15. The van der Waals surface area contributed by atoms with E-state index in [0.717, 1.165) is 11.1 Å². The van der Waals surface area contributed by atoms with E-state index in [4.69, 9.17) is 16.3 Å². The van der Waals surface area contributed by atoms with Crippen molar-refractivity contribution in [2.24, 2.45) is 0 Å². The number of ether oxygens (including phenoxy) is 1. The lowest BCUT2D eigenvalue weighted by atomic mass is 9.99. The Kier molecular flexibility index (Phi) is 6.92. The van der Waals surface area contributed by atoms with Crippen LogP contribution in [0.1, 0.15) is 34.3 Å². The summed E-state index contributed by atoms with van der Waals surface area (Å²) in [5, 5.41) is 3.07. The zero-order valence-electron chi connectivity index (χ0n) is 14.7. The van der Waals surface area contributed by atoms with E-state index in [1.54, 1.807) is 30.3 Å². The van der Waals surface area contributed by atoms with Crippen molar-refractivity contribution in [1.29, 1.82) is 0 Å². The number of halogens is 1. The van der Waals surface area contributed by atoms with Crippen LogP contribution in [0.2, 0.25) is 5.02 Å². The summed E-state index contributed by atoms with van der Waals surface area (Å²) in [5.41, 5.74) is 2.98. The second kappa shape index (κ2) is 9.15. The standard InChI is InChI=1S/C20H20ClNO4/c1-13-6-7-14(2)17(10-13)18(23)8-9-20(25)26-12-19(24)22-16-5-3-4-15(21)11-16/h3-7,10-11H,8-9,12H2,1-2H3,(H,22,24). The van der Waals surface area contributed by atoms with Crippen LogP contribution in [-0.4, -0.2) is 24.3 Å². The van der Waals surface area contributed by atoms with E-state index < -0.39 is 18.5 Å². The first-order valence-electron chi connectivity index (χ1n) is 8.16. The van der Waals surface area contributed by atoms with Gasteiger partial charge < -0.3 is 10.1 Å². The van der Waals surface area contributed by atoms with E-state index in [9.17, 15) is 14.4 Å². The SMILES string of the molecule is Cc1ccc(C)c(C(=O)CCC(=O)OCC(=O)Nc2cccc(Cl)c2)c1. The van der Waals surface area contributed by atoms with Crippen LogP contribution in [0, 0.1) is 13.8 Å². The average Bonchev–Trinajstić information content (AvgIpc) is 2.60. The zero-order valence-corrected chi connectivity index (χ0v) is 15.4. The average molecular weight is 374 g/mol. The van der Waals surface area contributed by atoms with Crippen LogP contribution in [0.15, 0.2) is 42.5 Å². The molecule has 0 aliphatic heterocycles. The number of carbonyl (C=O) groups is 3. The molecular weight excluding hydrogens is 354 g/mol. The van der Waals surface area contributed by atoms with Crippen LogP contribution in [0.3, 0.4) is 0 Å². The number of rotatable bonds is 7. The molecule has 0 bridgehead atoms. The molecule has 1 N–H and O–H groups in total. The summed E-state index contributed by atoms with van der Waals surface area (Å²) in [6.07, 6.45) is -0.0320. The molecule has 0 fully saturated rings. The number of esters is 1. The minimum absolute atomic E-state index is 0.0407. The molecule has 0 radical (unpaired) electrons. The third-order valence-corrected chi connectivity index (χ3v) is 3.96. The van der Waals surface area contributed by atoms with Gasteiger partial charge in [0, 0.05) is 22.7 Å². The van der Waals surface area contributed by atoms with Gasteiger partial charge in [-0.1, -0.05) is 35.4 Å². The molecule has 2 rings (SSSR count). The van der Waals surface area contributed by atoms with Crippen LogP contribution in [0.25, 0.3) is 0 Å². The molecule has 26 heavy (non-hydrogen) atoms. The topological polar surface area (TPSA) is 72.5 Å². The Morgan fingerprint density at radius 2 is 1.81 bits per heavy atom. The maximum absolute atomic E-state index is 12.2. The summed E-state index contributed by atoms with van der Waals surface area (Å²) in [4.78, 5) is 35.8. The molecule has 0 saturated heterocycles. The van der Waals surface area contributed by atoms with Crippen molar-refractivity contribution in [2.45, 2.75) is 26.7 Å². The smallest absolute Gasteiger partial charge is 0.306 e. The number of benzene rings is 2. The third kappa shape index (κ3) is 6.01. The lowest BCUT2D eigenvalue weighted by Gasteiger charge is -2.08. The van der Waals surface area contributed by atoms with Crippen molar-refractivity contribution in [1.82, 2.24) is 0 Å². The van der Waals surface area contributed by atoms with E-state index in [2.05, 4.69) is 5.32 Å². The highest BCUT2D eigenvalue weighted by Gasteiger charge is 2.14. The molecule has 0 unspecified atom stereocenters. The maximum Gasteiger partial charge on any atom is 0.306 e. The van der Waals surface area contributed by atoms with Gasteiger partial charge in [0.25, 0.3) is 5.91 Å². The first-order chi connectivity index (χ1) is 12.3. The van der Waals surface area contributed by atoms with Gasteiger partial charge in [-0.2, -0.15) is 0 Å². The fraction of sp³-hybridized carbons (Fsp3) is 0.250. The van der Waals surface area contributed by atoms with Crippen LogP contribution in [0.5, 0.6) is 0 Å². The predicted molar refractivity (Wildman–Crippen MR) is 101 cm³/mol. The van der Waals surface area contributed by atoms with Crippen LogP contribution < -0.4 is 5.32 Å². The molecule has 0 aliphatic rings. The van der Waals surface area contributed by atoms with Crippen molar-refractivity contribution >= 4 is 34.9 Å². The molecule has 5 nitrogen and oxygen atoms in total. The van der Waals surface area contributed by atoms with Crippen molar-refractivity contribution in [3.05, 3.63) is 64.2 Å². The van der Waals surface area contributed by atoms with Crippen molar-refractivity contribution in [3.8, 4) is 0 Å². The second-order valence-corrected chi connectivity index (χ2v) is 6.40. The quantitative estimate of drug-likeness (QED) is 0.585. The van der Waals surface area contributed by atoms with E-state index in [1.165, 1.54) is 0 Å². The monoisotopic (exact) mass is 373 g/mol. The minimum Gasteiger partial charge on any atom is -0.456 e. The molecule has 2 aromatic rings. The van der Waals surface area contributed by atoms with Gasteiger partial charge in [0.15, 0.2) is 12.4 Å². The Morgan fingerprint density at radius 3 is 2.54 bits per heavy atom. The van der Waals surface area contributed by atoms with Gasteiger partial charge in [-0.05, 0) is 43.7 Å². The van der Waals surface area contributed by atoms with Gasteiger partial charge in [0.2, 0.25) is 0 Å². The number of amides is 1. The van der Waals surface area contributed by atoms with E-state index >= 15 is 0 Å². The van der Waals surface area contributed by atoms with E-state index in [0.29, 0.717) is 16.3 Å². The summed E-state index contributed by atoms with van der Waals surface area (Å²) in [7, 11) is 0. The molecule has 2 aromatic carbocycles. The number of carbonyl (C=O) groups excluding carboxylic acids is 3. The highest BCUT2D eigenvalue weighted by molar-refractivity contribution is 6.30. The number of anilines is 1. The molecule has 1 amide bonds. The lowest BCUT2D eigenvalue weighted by molar-refractivity contribution is -0.147. The summed E-state index contributed by atoms with van der Waals surface area (Å²) in [6.45, 7) is 3.34. The lowest BCUT2D eigenvalue weighted by Crippen LogP contribution is -2.21. The molecule has 136 valence electrons. The van der Waals surface area contributed by atoms with Crippen molar-refractivity contribution in [3.63, 3.8) is 0 Å². The maximum atomic E-state index is 12.2. The molecule has 0 spiro atoms. The van der Waals surface area contributed by atoms with E-state index in [1.807, 2.05) is 26.0 Å². The Hall–Kier alpha value is -2.66. The largest absolute Gasteiger partial charge is 0.456 e. The second-order valence-electron chi connectivity index (χ2n) is 5.96. The number of hydrogen-bond donors (Lipinski definition) is 1. The van der Waals surface area contributed by atoms with Gasteiger partial charge in [0.05, 0.1) is 6.42 Å². The van der Waals surface area contributed by atoms with Gasteiger partial charge in [-0.25, -0.2) is 0 Å². The Morgan fingerprint density at radius 1 is 1.04 bits per heavy atom. The summed E-state index contributed by atoms with van der Waals surface area (Å²) < 4.78 is 4.91. The number of nitrogens with one attached hydrogen (secondary N) is 1. The number of Topliss-reactive ketones (excluding diaryl/α,β-unsaturated/α-hetero) is 1. The predicted octanol–water partition coefficient (Wildman–Crippen LogP) is 4.10. The van der Waals surface area contributed by atoms with Gasteiger partial charge in [-0.15, -0.1) is 0 Å². The third-order valence-electron chi connectivity index (χ3n) is 3.72. The van der Waals surface area contributed by atoms with Crippen molar-refractivity contribution in [2.75, 3.05) is 11.9 Å². The molecule has 0 saturated carbocycles. The fourth-order valence-electron chi connectivity index (χ4n) is 2.37. The minimum atomic E-state index is -0.593. The Balaban J connectivity index is 1.77.